The summed E-state index contributed by atoms with van der Waals surface area (Å²) in [6.07, 6.45) is 1.11. The third-order valence-corrected chi connectivity index (χ3v) is 5.50. The molecule has 19 heavy (non-hydrogen) atoms. The van der Waals surface area contributed by atoms with Crippen LogP contribution < -0.4 is 5.32 Å². The second-order valence-corrected chi connectivity index (χ2v) is 7.11. The molecule has 2 aromatic rings. The van der Waals surface area contributed by atoms with Gasteiger partial charge in [-0.15, -0.1) is 11.3 Å². The maximum atomic E-state index is 6.16. The van der Waals surface area contributed by atoms with Crippen LogP contribution in [0.1, 0.15) is 35.4 Å². The molecule has 0 aliphatic heterocycles. The minimum Gasteiger partial charge on any atom is -0.306 e. The molecule has 1 aromatic heterocycles. The molecule has 0 saturated carbocycles. The van der Waals surface area contributed by atoms with Gasteiger partial charge in [0.15, 0.2) is 0 Å². The Kier molecular flexibility index (Phi) is 5.46. The van der Waals surface area contributed by atoms with Crippen LogP contribution in [0.4, 0.5) is 0 Å². The molecule has 0 saturated heterocycles. The lowest BCUT2D eigenvalue weighted by atomic mass is 10.0. The molecule has 1 nitrogen and oxygen atoms in total. The summed E-state index contributed by atoms with van der Waals surface area (Å²) in [4.78, 5) is 1.24. The second kappa shape index (κ2) is 6.89. The first-order chi connectivity index (χ1) is 9.11. The first-order valence-electron chi connectivity index (χ1n) is 6.36. The van der Waals surface area contributed by atoms with E-state index in [9.17, 15) is 0 Å². The Morgan fingerprint density at radius 1 is 1.32 bits per heavy atom. The Bertz CT molecular complexity index is 516. The third-order valence-electron chi connectivity index (χ3n) is 2.96. The van der Waals surface area contributed by atoms with Gasteiger partial charge < -0.3 is 5.32 Å². The van der Waals surface area contributed by atoms with Crippen LogP contribution in [-0.4, -0.2) is 6.54 Å². The normalized spacial score (nSPS) is 12.6. The number of hydrogen-bond acceptors (Lipinski definition) is 2. The lowest BCUT2D eigenvalue weighted by Crippen LogP contribution is -2.22. The Labute approximate surface area is 132 Å². The number of thiophene rings is 1. The van der Waals surface area contributed by atoms with Crippen molar-refractivity contribution in [2.45, 2.75) is 26.3 Å². The third kappa shape index (κ3) is 3.82. The second-order valence-electron chi connectivity index (χ2n) is 4.57. The summed E-state index contributed by atoms with van der Waals surface area (Å²) in [7, 11) is 0. The molecule has 0 bridgehead atoms. The Balaban J connectivity index is 2.32. The predicted octanol–water partition coefficient (Wildman–Crippen LogP) is 5.56. The first kappa shape index (κ1) is 15.0. The number of benzene rings is 1. The molecule has 1 heterocycles. The van der Waals surface area contributed by atoms with Crippen LogP contribution in [-0.2, 0) is 0 Å². The van der Waals surface area contributed by atoms with Gasteiger partial charge in [-0.25, -0.2) is 0 Å². The fourth-order valence-electron chi connectivity index (χ4n) is 1.94. The summed E-state index contributed by atoms with van der Waals surface area (Å²) in [6.45, 7) is 5.28. The lowest BCUT2D eigenvalue weighted by molar-refractivity contribution is 0.605. The molecule has 2 rings (SSSR count). The minimum atomic E-state index is 0.217. The molecular weight excluding hydrogens is 342 g/mol. The van der Waals surface area contributed by atoms with Gasteiger partial charge in [-0.05, 0) is 47.4 Å². The predicted molar refractivity (Wildman–Crippen MR) is 88.3 cm³/mol. The number of nitrogens with one attached hydrogen (secondary N) is 1. The zero-order valence-electron chi connectivity index (χ0n) is 11.0. The van der Waals surface area contributed by atoms with E-state index in [1.165, 1.54) is 16.0 Å². The van der Waals surface area contributed by atoms with Gasteiger partial charge in [0.05, 0.1) is 6.04 Å². The molecule has 1 unspecified atom stereocenters. The maximum absolute atomic E-state index is 6.16. The van der Waals surface area contributed by atoms with Crippen molar-refractivity contribution in [3.05, 3.63) is 55.1 Å². The largest absolute Gasteiger partial charge is 0.306 e. The maximum Gasteiger partial charge on any atom is 0.107 e. The highest BCUT2D eigenvalue weighted by molar-refractivity contribution is 9.10. The summed E-state index contributed by atoms with van der Waals surface area (Å²) in [5, 5.41) is 3.59. The van der Waals surface area contributed by atoms with Crippen LogP contribution in [0.2, 0.25) is 4.34 Å². The molecule has 0 fully saturated rings. The molecule has 0 radical (unpaired) electrons. The van der Waals surface area contributed by atoms with Crippen molar-refractivity contribution in [2.75, 3.05) is 6.54 Å². The Morgan fingerprint density at radius 2 is 2.00 bits per heavy atom. The molecule has 0 spiro atoms. The van der Waals surface area contributed by atoms with Gasteiger partial charge >= 0.3 is 0 Å². The molecule has 1 N–H and O–H groups in total. The van der Waals surface area contributed by atoms with Gasteiger partial charge in [0, 0.05) is 9.35 Å². The summed E-state index contributed by atoms with van der Waals surface area (Å²) in [6, 6.07) is 11.0. The van der Waals surface area contributed by atoms with E-state index in [2.05, 4.69) is 65.4 Å². The standard InChI is InChI=1S/C15H17BrClNS/c1-3-8-18-14(11-6-4-10(2)5-7-11)13-9-12(16)15(17)19-13/h4-7,9,14,18H,3,8H2,1-2H3. The zero-order valence-corrected chi connectivity index (χ0v) is 14.2. The van der Waals surface area contributed by atoms with Crippen molar-refractivity contribution in [3.8, 4) is 0 Å². The SMILES string of the molecule is CCCNC(c1ccc(C)cc1)c1cc(Br)c(Cl)s1. The van der Waals surface area contributed by atoms with Crippen LogP contribution in [0, 0.1) is 6.92 Å². The summed E-state index contributed by atoms with van der Waals surface area (Å²) < 4.78 is 1.79. The fraction of sp³-hybridized carbons (Fsp3) is 0.333. The Hall–Kier alpha value is -0.350. The van der Waals surface area contributed by atoms with E-state index in [0.717, 1.165) is 21.8 Å². The average Bonchev–Trinajstić information content (AvgIpc) is 2.72. The molecule has 0 amide bonds. The quantitative estimate of drug-likeness (QED) is 0.737. The molecule has 4 heteroatoms. The van der Waals surface area contributed by atoms with E-state index in [1.807, 2.05) is 0 Å². The number of aryl methyl sites for hydroxylation is 1. The first-order valence-corrected chi connectivity index (χ1v) is 8.35. The van der Waals surface area contributed by atoms with Gasteiger partial charge in [-0.3, -0.25) is 0 Å². The molecule has 0 aliphatic carbocycles. The van der Waals surface area contributed by atoms with Gasteiger partial charge in [0.25, 0.3) is 0 Å². The van der Waals surface area contributed by atoms with Crippen molar-refractivity contribution < 1.29 is 0 Å². The van der Waals surface area contributed by atoms with Crippen LogP contribution in [0.5, 0.6) is 0 Å². The highest BCUT2D eigenvalue weighted by atomic mass is 79.9. The topological polar surface area (TPSA) is 12.0 Å². The van der Waals surface area contributed by atoms with E-state index in [-0.39, 0.29) is 6.04 Å². The van der Waals surface area contributed by atoms with Gasteiger partial charge in [-0.2, -0.15) is 0 Å². The van der Waals surface area contributed by atoms with E-state index < -0.39 is 0 Å². The van der Waals surface area contributed by atoms with Gasteiger partial charge in [0.1, 0.15) is 4.34 Å². The van der Waals surface area contributed by atoms with Crippen LogP contribution in [0.25, 0.3) is 0 Å². The summed E-state index contributed by atoms with van der Waals surface area (Å²) in [5.41, 5.74) is 2.56. The van der Waals surface area contributed by atoms with Crippen molar-refractivity contribution >= 4 is 38.9 Å². The van der Waals surface area contributed by atoms with Crippen LogP contribution in [0.3, 0.4) is 0 Å². The number of rotatable bonds is 5. The van der Waals surface area contributed by atoms with Crippen molar-refractivity contribution in [3.63, 3.8) is 0 Å². The van der Waals surface area contributed by atoms with Gasteiger partial charge in [-0.1, -0.05) is 48.4 Å². The van der Waals surface area contributed by atoms with Crippen molar-refractivity contribution in [1.82, 2.24) is 5.32 Å². The highest BCUT2D eigenvalue weighted by Gasteiger charge is 2.17. The smallest absolute Gasteiger partial charge is 0.107 e. The fourth-order valence-corrected chi connectivity index (χ4v) is 3.78. The highest BCUT2D eigenvalue weighted by Crippen LogP contribution is 2.37. The van der Waals surface area contributed by atoms with Gasteiger partial charge in [0.2, 0.25) is 0 Å². The lowest BCUT2D eigenvalue weighted by Gasteiger charge is -2.17. The molecule has 1 atom stereocenters. The van der Waals surface area contributed by atoms with Crippen molar-refractivity contribution in [2.24, 2.45) is 0 Å². The molecule has 0 aliphatic rings. The van der Waals surface area contributed by atoms with Crippen LogP contribution >= 0.6 is 38.9 Å². The minimum absolute atomic E-state index is 0.217. The van der Waals surface area contributed by atoms with Crippen LogP contribution in [0.15, 0.2) is 34.8 Å². The summed E-state index contributed by atoms with van der Waals surface area (Å²) in [5.74, 6) is 0. The van der Waals surface area contributed by atoms with Crippen molar-refractivity contribution in [1.29, 1.82) is 0 Å². The zero-order chi connectivity index (χ0) is 13.8. The number of halogens is 2. The summed E-state index contributed by atoms with van der Waals surface area (Å²) >= 11 is 11.3. The monoisotopic (exact) mass is 357 g/mol. The Morgan fingerprint density at radius 3 is 2.53 bits per heavy atom. The van der Waals surface area contributed by atoms with E-state index in [1.54, 1.807) is 11.3 Å². The molecular formula is C15H17BrClNS. The van der Waals surface area contributed by atoms with E-state index in [4.69, 9.17) is 11.6 Å². The van der Waals surface area contributed by atoms with E-state index >= 15 is 0 Å². The average molecular weight is 359 g/mol. The molecule has 1 aromatic carbocycles. The molecule has 102 valence electrons. The van der Waals surface area contributed by atoms with E-state index in [0.29, 0.717) is 0 Å². The number of hydrogen-bond donors (Lipinski definition) is 1.